The van der Waals surface area contributed by atoms with E-state index in [1.165, 1.54) is 13.2 Å². The van der Waals surface area contributed by atoms with Crippen LogP contribution in [0.5, 0.6) is 11.5 Å². The van der Waals surface area contributed by atoms with E-state index in [0.29, 0.717) is 41.1 Å². The number of hydrogen-bond donors (Lipinski definition) is 0. The van der Waals surface area contributed by atoms with E-state index in [9.17, 15) is 9.59 Å². The Hall–Kier alpha value is -3.79. The topological polar surface area (TPSA) is 101 Å². The fourth-order valence-corrected chi connectivity index (χ4v) is 4.73. The number of fused-ring (bicyclic) bond motifs is 6. The van der Waals surface area contributed by atoms with Crippen LogP contribution in [0.2, 0.25) is 0 Å². The Kier molecular flexibility index (Phi) is 6.23. The number of rotatable bonds is 5. The molecule has 1 aliphatic carbocycles. The number of carbonyl (C=O) groups excluding carboxylic acids is 1. The number of aromatic nitrogens is 1. The lowest BCUT2D eigenvalue weighted by Gasteiger charge is -2.31. The summed E-state index contributed by atoms with van der Waals surface area (Å²) in [5.74, 6) is 1.54. The molecule has 1 aromatic carbocycles. The van der Waals surface area contributed by atoms with Gasteiger partial charge in [0.2, 0.25) is 6.79 Å². The average Bonchev–Trinajstić information content (AvgIpc) is 3.28. The van der Waals surface area contributed by atoms with Gasteiger partial charge in [0.15, 0.2) is 23.0 Å². The van der Waals surface area contributed by atoms with Crippen molar-refractivity contribution in [2.45, 2.75) is 44.9 Å². The van der Waals surface area contributed by atoms with Crippen LogP contribution in [0.4, 0.5) is 4.79 Å². The zero-order valence-corrected chi connectivity index (χ0v) is 21.9. The summed E-state index contributed by atoms with van der Waals surface area (Å²) in [6.07, 6.45) is 4.84. The molecule has 10 heteroatoms. The average molecular weight is 510 g/mol. The van der Waals surface area contributed by atoms with Gasteiger partial charge in [0.1, 0.15) is 5.60 Å². The van der Waals surface area contributed by atoms with E-state index in [0.717, 1.165) is 11.3 Å². The minimum absolute atomic E-state index is 0.106. The van der Waals surface area contributed by atoms with Crippen LogP contribution in [0, 0.1) is 0 Å². The molecule has 1 fully saturated rings. The van der Waals surface area contributed by atoms with Crippen molar-refractivity contribution in [1.82, 2.24) is 9.47 Å². The monoisotopic (exact) mass is 509 g/mol. The maximum atomic E-state index is 14.0. The number of benzene rings is 1. The van der Waals surface area contributed by atoms with Gasteiger partial charge < -0.3 is 33.2 Å². The summed E-state index contributed by atoms with van der Waals surface area (Å²) >= 11 is 0. The molecule has 0 N–H and O–H groups in total. The van der Waals surface area contributed by atoms with E-state index in [4.69, 9.17) is 28.7 Å². The molecule has 0 bridgehead atoms. The summed E-state index contributed by atoms with van der Waals surface area (Å²) in [4.78, 5) is 33.2. The fraction of sp³-hybridized carbons (Fsp3) is 0.444. The molecular formula is C27H31N3O7. The van der Waals surface area contributed by atoms with E-state index in [1.54, 1.807) is 37.6 Å². The van der Waals surface area contributed by atoms with Gasteiger partial charge in [0, 0.05) is 41.9 Å². The molecule has 2 aromatic rings. The summed E-state index contributed by atoms with van der Waals surface area (Å²) in [5.41, 5.74) is 0.728. The van der Waals surface area contributed by atoms with Crippen LogP contribution in [0.25, 0.3) is 10.8 Å². The molecule has 1 aromatic heterocycles. The largest absolute Gasteiger partial charge is 0.514 e. The summed E-state index contributed by atoms with van der Waals surface area (Å²) in [5, 5.41) is 1.05. The second kappa shape index (κ2) is 9.26. The van der Waals surface area contributed by atoms with Gasteiger partial charge in [0.05, 0.1) is 18.5 Å². The predicted molar refractivity (Wildman–Crippen MR) is 138 cm³/mol. The standard InChI is InChI=1S/C27H31N3O7/c1-27(2,3)37-26(32)36-23-10-16-15(9-20(23)33-6)18-13-28-19-12-22-21(34-14-35-22)11-17(19)24(18)30(25(16)31)8-7-29(4)5/h9-13,17,19H,7-8,14H2,1-6H3. The molecule has 0 saturated carbocycles. The number of hydrogen-bond acceptors (Lipinski definition) is 9. The smallest absolute Gasteiger partial charge is 0.493 e. The molecule has 2 aliphatic heterocycles. The molecule has 0 amide bonds. The number of ether oxygens (including phenoxy) is 5. The fourth-order valence-electron chi connectivity index (χ4n) is 4.73. The van der Waals surface area contributed by atoms with Crippen LogP contribution >= 0.6 is 0 Å². The zero-order valence-electron chi connectivity index (χ0n) is 21.9. The number of pyridine rings is 1. The van der Waals surface area contributed by atoms with Crippen molar-refractivity contribution in [1.29, 1.82) is 0 Å². The Balaban J connectivity index is 1.69. The Labute approximate surface area is 214 Å². The first-order valence-corrected chi connectivity index (χ1v) is 12.1. The Morgan fingerprint density at radius 2 is 1.84 bits per heavy atom. The van der Waals surface area contributed by atoms with Gasteiger partial charge >= 0.3 is 6.16 Å². The van der Waals surface area contributed by atoms with Crippen molar-refractivity contribution in [3.8, 4) is 11.5 Å². The number of aliphatic imine (C=N–C) groups is 1. The van der Waals surface area contributed by atoms with Crippen LogP contribution in [-0.2, 0) is 20.8 Å². The minimum Gasteiger partial charge on any atom is -0.493 e. The van der Waals surface area contributed by atoms with E-state index in [-0.39, 0.29) is 30.1 Å². The first kappa shape index (κ1) is 24.9. The lowest BCUT2D eigenvalue weighted by Crippen LogP contribution is -2.35. The second-order valence-corrected chi connectivity index (χ2v) is 10.4. The molecule has 3 heterocycles. The number of methoxy groups -OCH3 is 1. The van der Waals surface area contributed by atoms with Crippen molar-refractivity contribution in [2.75, 3.05) is 34.5 Å². The maximum Gasteiger partial charge on any atom is 0.514 e. The summed E-state index contributed by atoms with van der Waals surface area (Å²) < 4.78 is 29.3. The molecule has 10 nitrogen and oxygen atoms in total. The van der Waals surface area contributed by atoms with Crippen LogP contribution in [-0.4, -0.2) is 68.0 Å². The van der Waals surface area contributed by atoms with Crippen LogP contribution in [0.3, 0.4) is 0 Å². The van der Waals surface area contributed by atoms with E-state index < -0.39 is 11.8 Å². The quantitative estimate of drug-likeness (QED) is 0.446. The molecule has 1 saturated heterocycles. The third-order valence-electron chi connectivity index (χ3n) is 6.37. The number of nitrogens with zero attached hydrogens (tertiary/aromatic N) is 3. The third-order valence-corrected chi connectivity index (χ3v) is 6.37. The molecule has 2 atom stereocenters. The Bertz CT molecular complexity index is 1410. The first-order valence-electron chi connectivity index (χ1n) is 12.1. The predicted octanol–water partition coefficient (Wildman–Crippen LogP) is 3.56. The lowest BCUT2D eigenvalue weighted by atomic mass is 9.84. The van der Waals surface area contributed by atoms with Crippen LogP contribution in [0.1, 0.15) is 37.9 Å². The molecule has 196 valence electrons. The van der Waals surface area contributed by atoms with Crippen LogP contribution < -0.4 is 15.0 Å². The Morgan fingerprint density at radius 3 is 2.51 bits per heavy atom. The van der Waals surface area contributed by atoms with Gasteiger partial charge in [-0.3, -0.25) is 9.79 Å². The van der Waals surface area contributed by atoms with E-state index in [1.807, 2.05) is 31.1 Å². The van der Waals surface area contributed by atoms with Gasteiger partial charge in [-0.25, -0.2) is 4.79 Å². The normalized spacial score (nSPS) is 19.8. The van der Waals surface area contributed by atoms with Crippen molar-refractivity contribution < 1.29 is 28.5 Å². The number of likely N-dealkylation sites (N-methyl/N-ethyl adjacent to an activating group) is 1. The SMILES string of the molecule is COc1cc2c3c(n(CCN(C)C)c(=O)c2cc1OC(=O)OC(C)(C)C)C1C=C2OCOC2=CC1N=C3. The molecular weight excluding hydrogens is 478 g/mol. The molecule has 5 rings (SSSR count). The highest BCUT2D eigenvalue weighted by Crippen LogP contribution is 2.42. The molecule has 3 aliphatic rings. The second-order valence-electron chi connectivity index (χ2n) is 10.4. The first-order chi connectivity index (χ1) is 17.6. The zero-order chi connectivity index (χ0) is 26.5. The highest BCUT2D eigenvalue weighted by atomic mass is 16.7. The van der Waals surface area contributed by atoms with Gasteiger partial charge in [-0.15, -0.1) is 0 Å². The van der Waals surface area contributed by atoms with Crippen molar-refractivity contribution >= 4 is 23.1 Å². The third kappa shape index (κ3) is 4.69. The molecule has 37 heavy (non-hydrogen) atoms. The summed E-state index contributed by atoms with van der Waals surface area (Å²) in [7, 11) is 5.40. The van der Waals surface area contributed by atoms with Crippen molar-refractivity contribution in [2.24, 2.45) is 4.99 Å². The minimum atomic E-state index is -0.879. The highest BCUT2D eigenvalue weighted by Gasteiger charge is 2.36. The summed E-state index contributed by atoms with van der Waals surface area (Å²) in [6, 6.07) is 3.04. The summed E-state index contributed by atoms with van der Waals surface area (Å²) in [6.45, 7) is 6.52. The van der Waals surface area contributed by atoms with Gasteiger partial charge in [-0.1, -0.05) is 0 Å². The molecule has 0 radical (unpaired) electrons. The van der Waals surface area contributed by atoms with Crippen LogP contribution in [0.15, 0.2) is 45.6 Å². The molecule has 0 spiro atoms. The van der Waals surface area contributed by atoms with Gasteiger partial charge in [0.25, 0.3) is 5.56 Å². The maximum absolute atomic E-state index is 14.0. The van der Waals surface area contributed by atoms with E-state index in [2.05, 4.69) is 0 Å². The van der Waals surface area contributed by atoms with Crippen molar-refractivity contribution in [3.05, 3.63) is 57.4 Å². The Morgan fingerprint density at radius 1 is 1.14 bits per heavy atom. The molecule has 2 unspecified atom stereocenters. The highest BCUT2D eigenvalue weighted by molar-refractivity contribution is 6.03. The van der Waals surface area contributed by atoms with Crippen molar-refractivity contribution in [3.63, 3.8) is 0 Å². The van der Waals surface area contributed by atoms with Gasteiger partial charge in [-0.2, -0.15) is 0 Å². The lowest BCUT2D eigenvalue weighted by molar-refractivity contribution is 0.0201. The van der Waals surface area contributed by atoms with Gasteiger partial charge in [-0.05, 0) is 59.2 Å². The van der Waals surface area contributed by atoms with E-state index >= 15 is 0 Å². The number of carbonyl (C=O) groups is 1.